The summed E-state index contributed by atoms with van der Waals surface area (Å²) in [6, 6.07) is 21.3. The molecule has 3 amide bonds. The summed E-state index contributed by atoms with van der Waals surface area (Å²) in [5, 5.41) is 0. The maximum Gasteiger partial charge on any atom is 0.332 e. The van der Waals surface area contributed by atoms with E-state index in [0.717, 1.165) is 22.6 Å². The topological polar surface area (TPSA) is 62.3 Å². The van der Waals surface area contributed by atoms with E-state index in [1.807, 2.05) is 50.2 Å². The Kier molecular flexibility index (Phi) is 8.31. The molecule has 5 rings (SSSR count). The fourth-order valence-electron chi connectivity index (χ4n) is 6.07. The molecule has 0 bridgehead atoms. The largest absolute Gasteiger partial charge is 0.497 e. The van der Waals surface area contributed by atoms with Gasteiger partial charge in [-0.25, -0.2) is 9.18 Å². The van der Waals surface area contributed by atoms with Crippen molar-refractivity contribution in [3.05, 3.63) is 89.7 Å². The molecule has 7 nitrogen and oxygen atoms in total. The minimum Gasteiger partial charge on any atom is -0.497 e. The van der Waals surface area contributed by atoms with Gasteiger partial charge in [0.1, 0.15) is 22.9 Å². The van der Waals surface area contributed by atoms with Crippen LogP contribution in [0.4, 0.5) is 14.9 Å². The van der Waals surface area contributed by atoms with Crippen LogP contribution in [0.1, 0.15) is 44.7 Å². The SMILES string of the molecule is COc1ccc(CCN2C(=O)N(c3cccc(F)c3)C3(CCN(Cc4cccc(OC(C)C)c4)C(C)C3)C2=O)cc1. The lowest BCUT2D eigenvalue weighted by molar-refractivity contribution is -0.133. The molecule has 8 heteroatoms. The summed E-state index contributed by atoms with van der Waals surface area (Å²) < 4.78 is 25.5. The number of benzene rings is 3. The van der Waals surface area contributed by atoms with Crippen molar-refractivity contribution >= 4 is 17.6 Å². The molecule has 1 spiro atoms. The number of imide groups is 1. The number of rotatable bonds is 9. The summed E-state index contributed by atoms with van der Waals surface area (Å²) in [5.74, 6) is 0.931. The van der Waals surface area contributed by atoms with Gasteiger partial charge in [0.2, 0.25) is 0 Å². The van der Waals surface area contributed by atoms with Crippen molar-refractivity contribution in [3.63, 3.8) is 0 Å². The fourth-order valence-corrected chi connectivity index (χ4v) is 6.07. The highest BCUT2D eigenvalue weighted by Gasteiger charge is 2.59. The number of nitrogens with zero attached hydrogens (tertiary/aromatic N) is 3. The third kappa shape index (κ3) is 5.93. The molecular formula is C33H38FN3O4. The molecule has 2 fully saturated rings. The first-order valence-electron chi connectivity index (χ1n) is 14.2. The van der Waals surface area contributed by atoms with E-state index in [1.54, 1.807) is 24.1 Å². The lowest BCUT2D eigenvalue weighted by atomic mass is 9.81. The van der Waals surface area contributed by atoms with Crippen LogP contribution in [0.15, 0.2) is 72.8 Å². The number of hydrogen-bond donors (Lipinski definition) is 0. The number of carbonyl (C=O) groups is 2. The van der Waals surface area contributed by atoms with Gasteiger partial charge in [-0.15, -0.1) is 0 Å². The van der Waals surface area contributed by atoms with Gasteiger partial charge >= 0.3 is 6.03 Å². The number of hydrogen-bond acceptors (Lipinski definition) is 5. The molecule has 41 heavy (non-hydrogen) atoms. The highest BCUT2D eigenvalue weighted by Crippen LogP contribution is 2.43. The average molecular weight is 560 g/mol. The first-order valence-corrected chi connectivity index (χ1v) is 14.2. The number of piperidine rings is 1. The number of likely N-dealkylation sites (tertiary alicyclic amines) is 1. The quantitative estimate of drug-likeness (QED) is 0.299. The molecule has 2 unspecified atom stereocenters. The Bertz CT molecular complexity index is 1400. The van der Waals surface area contributed by atoms with Crippen molar-refractivity contribution < 1.29 is 23.5 Å². The van der Waals surface area contributed by atoms with Gasteiger partial charge in [-0.2, -0.15) is 0 Å². The number of ether oxygens (including phenoxy) is 2. The molecule has 3 aromatic carbocycles. The van der Waals surface area contributed by atoms with E-state index in [1.165, 1.54) is 17.0 Å². The monoisotopic (exact) mass is 559 g/mol. The fraction of sp³-hybridized carbons (Fsp3) is 0.394. The Morgan fingerprint density at radius 3 is 2.41 bits per heavy atom. The summed E-state index contributed by atoms with van der Waals surface area (Å²) in [5.41, 5.74) is 1.47. The Balaban J connectivity index is 1.38. The molecule has 2 heterocycles. The molecule has 216 valence electrons. The highest BCUT2D eigenvalue weighted by molar-refractivity contribution is 6.17. The van der Waals surface area contributed by atoms with Crippen LogP contribution in [0.2, 0.25) is 0 Å². The lowest BCUT2D eigenvalue weighted by Crippen LogP contribution is -2.59. The molecule has 2 atom stereocenters. The standard InChI is InChI=1S/C33H38FN3O4/c1-23(2)41-30-10-5-7-26(19-30)22-35-18-16-33(21-24(35)3)31(38)36(17-15-25-11-13-29(40-4)14-12-25)32(39)37(33)28-9-6-8-27(34)20-28/h5-14,19-20,23-24H,15-18,21-22H2,1-4H3. The first-order chi connectivity index (χ1) is 19.7. The van der Waals surface area contributed by atoms with E-state index in [0.29, 0.717) is 38.0 Å². The van der Waals surface area contributed by atoms with E-state index < -0.39 is 17.4 Å². The average Bonchev–Trinajstić information content (AvgIpc) is 3.14. The van der Waals surface area contributed by atoms with Crippen LogP contribution in [0, 0.1) is 5.82 Å². The van der Waals surface area contributed by atoms with Crippen molar-refractivity contribution in [2.45, 2.75) is 64.3 Å². The van der Waals surface area contributed by atoms with Crippen molar-refractivity contribution in [1.82, 2.24) is 9.80 Å². The minimum absolute atomic E-state index is 0.00720. The Hall–Kier alpha value is -3.91. The van der Waals surface area contributed by atoms with Crippen LogP contribution in [0.3, 0.4) is 0 Å². The van der Waals surface area contributed by atoms with Crippen LogP contribution in [-0.2, 0) is 17.8 Å². The predicted octanol–water partition coefficient (Wildman–Crippen LogP) is 6.06. The zero-order valence-electron chi connectivity index (χ0n) is 24.2. The van der Waals surface area contributed by atoms with Crippen molar-refractivity contribution in [2.24, 2.45) is 0 Å². The summed E-state index contributed by atoms with van der Waals surface area (Å²) >= 11 is 0. The second-order valence-electron chi connectivity index (χ2n) is 11.3. The van der Waals surface area contributed by atoms with Crippen molar-refractivity contribution in [2.75, 3.05) is 25.1 Å². The molecule has 2 aliphatic heterocycles. The normalized spacial score (nSPS) is 21.3. The van der Waals surface area contributed by atoms with Crippen LogP contribution in [-0.4, -0.2) is 59.6 Å². The van der Waals surface area contributed by atoms with Crippen LogP contribution in [0.5, 0.6) is 11.5 Å². The molecule has 2 saturated heterocycles. The molecule has 0 radical (unpaired) electrons. The van der Waals surface area contributed by atoms with Gasteiger partial charge in [0.05, 0.1) is 13.2 Å². The number of carbonyl (C=O) groups excluding carboxylic acids is 2. The Morgan fingerprint density at radius 1 is 0.976 bits per heavy atom. The molecule has 2 aliphatic rings. The number of anilines is 1. The van der Waals surface area contributed by atoms with E-state index in [4.69, 9.17) is 9.47 Å². The van der Waals surface area contributed by atoms with E-state index in [9.17, 15) is 14.0 Å². The third-order valence-corrected chi connectivity index (χ3v) is 8.07. The van der Waals surface area contributed by atoms with Crippen LogP contribution in [0.25, 0.3) is 0 Å². The van der Waals surface area contributed by atoms with Gasteiger partial charge in [-0.1, -0.05) is 30.3 Å². The maximum absolute atomic E-state index is 14.4. The number of halogens is 1. The number of methoxy groups -OCH3 is 1. The van der Waals surface area contributed by atoms with Gasteiger partial charge in [-0.05, 0) is 93.6 Å². The Morgan fingerprint density at radius 2 is 1.73 bits per heavy atom. The summed E-state index contributed by atoms with van der Waals surface area (Å²) in [7, 11) is 1.61. The van der Waals surface area contributed by atoms with Gasteiger partial charge in [0, 0.05) is 31.4 Å². The van der Waals surface area contributed by atoms with Gasteiger partial charge in [-0.3, -0.25) is 19.5 Å². The molecule has 0 aliphatic carbocycles. The maximum atomic E-state index is 14.4. The lowest BCUT2D eigenvalue weighted by Gasteiger charge is -2.45. The predicted molar refractivity (Wildman–Crippen MR) is 157 cm³/mol. The van der Waals surface area contributed by atoms with E-state index in [-0.39, 0.29) is 24.6 Å². The third-order valence-electron chi connectivity index (χ3n) is 8.07. The molecule has 0 N–H and O–H groups in total. The summed E-state index contributed by atoms with van der Waals surface area (Å²) in [6.07, 6.45) is 1.52. The molecule has 0 saturated carbocycles. The second-order valence-corrected chi connectivity index (χ2v) is 11.3. The summed E-state index contributed by atoms with van der Waals surface area (Å²) in [6.45, 7) is 7.67. The van der Waals surface area contributed by atoms with Crippen LogP contribution < -0.4 is 14.4 Å². The van der Waals surface area contributed by atoms with Crippen molar-refractivity contribution in [1.29, 1.82) is 0 Å². The number of urea groups is 1. The molecule has 0 aromatic heterocycles. The molecular weight excluding hydrogens is 521 g/mol. The summed E-state index contributed by atoms with van der Waals surface area (Å²) in [4.78, 5) is 33.3. The highest BCUT2D eigenvalue weighted by atomic mass is 19.1. The first kappa shape index (κ1) is 28.6. The number of amides is 3. The zero-order valence-corrected chi connectivity index (χ0v) is 24.2. The minimum atomic E-state index is -1.07. The van der Waals surface area contributed by atoms with E-state index >= 15 is 0 Å². The zero-order chi connectivity index (χ0) is 29.1. The van der Waals surface area contributed by atoms with Crippen molar-refractivity contribution in [3.8, 4) is 11.5 Å². The smallest absolute Gasteiger partial charge is 0.332 e. The second kappa shape index (κ2) is 11.9. The molecule has 3 aromatic rings. The van der Waals surface area contributed by atoms with Gasteiger partial charge in [0.25, 0.3) is 5.91 Å². The Labute approximate surface area is 241 Å². The van der Waals surface area contributed by atoms with Crippen LogP contribution >= 0.6 is 0 Å². The van der Waals surface area contributed by atoms with Gasteiger partial charge in [0.15, 0.2) is 0 Å². The van der Waals surface area contributed by atoms with E-state index in [2.05, 4.69) is 24.0 Å². The van der Waals surface area contributed by atoms with Gasteiger partial charge < -0.3 is 9.47 Å².